The highest BCUT2D eigenvalue weighted by molar-refractivity contribution is 6.33. The summed E-state index contributed by atoms with van der Waals surface area (Å²) < 4.78 is 38.3. The molecular formula is C20H27ClF3N3O. The van der Waals surface area contributed by atoms with Gasteiger partial charge in [-0.2, -0.15) is 13.2 Å². The minimum Gasteiger partial charge on any atom is -0.355 e. The van der Waals surface area contributed by atoms with Gasteiger partial charge in [0.2, 0.25) is 5.91 Å². The molecule has 1 aromatic heterocycles. The molecular weight excluding hydrogens is 391 g/mol. The number of anilines is 1. The Labute approximate surface area is 169 Å². The van der Waals surface area contributed by atoms with Crippen molar-refractivity contribution < 1.29 is 18.0 Å². The SMILES string of the molecule is CC1CCC(N(C)C(=O)C2CCN(c3ncc(C(F)(F)F)cc3Cl)CC2)CC1. The molecule has 2 aliphatic rings. The Bertz CT molecular complexity index is 696. The van der Waals surface area contributed by atoms with Gasteiger partial charge in [0, 0.05) is 38.3 Å². The van der Waals surface area contributed by atoms with Crippen molar-refractivity contribution in [3.05, 3.63) is 22.8 Å². The minimum absolute atomic E-state index is 0.00644. The highest BCUT2D eigenvalue weighted by atomic mass is 35.5. The predicted octanol–water partition coefficient (Wildman–Crippen LogP) is 5.01. The summed E-state index contributed by atoms with van der Waals surface area (Å²) in [6.45, 7) is 3.38. The average Bonchev–Trinajstić information content (AvgIpc) is 2.67. The number of halogens is 4. The number of alkyl halides is 3. The van der Waals surface area contributed by atoms with Crippen molar-refractivity contribution in [2.45, 2.75) is 57.7 Å². The van der Waals surface area contributed by atoms with Gasteiger partial charge in [-0.3, -0.25) is 4.79 Å². The standard InChI is InChI=1S/C20H27ClF3N3O/c1-13-3-5-16(6-4-13)26(2)19(28)14-7-9-27(10-8-14)18-17(21)11-15(12-25-18)20(22,23)24/h11-14,16H,3-10H2,1-2H3. The summed E-state index contributed by atoms with van der Waals surface area (Å²) in [6.07, 6.45) is 2.13. The summed E-state index contributed by atoms with van der Waals surface area (Å²) in [6, 6.07) is 1.24. The topological polar surface area (TPSA) is 36.4 Å². The van der Waals surface area contributed by atoms with E-state index in [4.69, 9.17) is 11.6 Å². The lowest BCUT2D eigenvalue weighted by molar-refractivity contribution is -0.138. The molecule has 0 atom stereocenters. The maximum atomic E-state index is 12.9. The van der Waals surface area contributed by atoms with Gasteiger partial charge >= 0.3 is 6.18 Å². The van der Waals surface area contributed by atoms with E-state index in [1.54, 1.807) is 0 Å². The van der Waals surface area contributed by atoms with Crippen LogP contribution >= 0.6 is 11.6 Å². The van der Waals surface area contributed by atoms with Gasteiger partial charge < -0.3 is 9.80 Å². The number of aromatic nitrogens is 1. The summed E-state index contributed by atoms with van der Waals surface area (Å²) in [7, 11) is 1.91. The van der Waals surface area contributed by atoms with Gasteiger partial charge in [0.1, 0.15) is 5.82 Å². The van der Waals surface area contributed by atoms with Crippen LogP contribution in [0.3, 0.4) is 0 Å². The van der Waals surface area contributed by atoms with Crippen LogP contribution in [0.2, 0.25) is 5.02 Å². The van der Waals surface area contributed by atoms with Crippen LogP contribution in [0.5, 0.6) is 0 Å². The molecule has 2 heterocycles. The zero-order chi connectivity index (χ0) is 20.5. The summed E-state index contributed by atoms with van der Waals surface area (Å²) in [5.74, 6) is 1.23. The Morgan fingerprint density at radius 2 is 1.79 bits per heavy atom. The van der Waals surface area contributed by atoms with E-state index in [2.05, 4.69) is 11.9 Å². The Hall–Kier alpha value is -1.50. The van der Waals surface area contributed by atoms with E-state index in [0.717, 1.165) is 31.0 Å². The van der Waals surface area contributed by atoms with Gasteiger partial charge in [-0.15, -0.1) is 0 Å². The van der Waals surface area contributed by atoms with Crippen molar-refractivity contribution >= 4 is 23.3 Å². The number of carbonyl (C=O) groups is 1. The average molecular weight is 418 g/mol. The zero-order valence-electron chi connectivity index (χ0n) is 16.3. The van der Waals surface area contributed by atoms with E-state index < -0.39 is 11.7 Å². The first kappa shape index (κ1) is 21.2. The molecule has 28 heavy (non-hydrogen) atoms. The molecule has 0 radical (unpaired) electrons. The molecule has 156 valence electrons. The van der Waals surface area contributed by atoms with E-state index in [9.17, 15) is 18.0 Å². The second kappa shape index (κ2) is 8.47. The van der Waals surface area contributed by atoms with Crippen molar-refractivity contribution in [2.75, 3.05) is 25.0 Å². The molecule has 0 N–H and O–H groups in total. The lowest BCUT2D eigenvalue weighted by Crippen LogP contribution is -2.46. The van der Waals surface area contributed by atoms with E-state index in [1.807, 2.05) is 16.8 Å². The maximum Gasteiger partial charge on any atom is 0.417 e. The third-order valence-electron chi connectivity index (χ3n) is 6.17. The molecule has 4 nitrogen and oxygen atoms in total. The van der Waals surface area contributed by atoms with Gasteiger partial charge in [0.15, 0.2) is 0 Å². The number of carbonyl (C=O) groups excluding carboxylic acids is 1. The molecule has 0 spiro atoms. The fourth-order valence-corrected chi connectivity index (χ4v) is 4.54. The second-order valence-corrected chi connectivity index (χ2v) is 8.56. The second-order valence-electron chi connectivity index (χ2n) is 8.15. The van der Waals surface area contributed by atoms with Crippen molar-refractivity contribution in [1.82, 2.24) is 9.88 Å². The van der Waals surface area contributed by atoms with Crippen LogP contribution in [-0.4, -0.2) is 42.0 Å². The number of pyridine rings is 1. The molecule has 8 heteroatoms. The van der Waals surface area contributed by atoms with Gasteiger partial charge in [-0.1, -0.05) is 18.5 Å². The molecule has 1 saturated heterocycles. The van der Waals surface area contributed by atoms with E-state index in [1.165, 1.54) is 12.8 Å². The van der Waals surface area contributed by atoms with E-state index in [0.29, 0.717) is 37.8 Å². The van der Waals surface area contributed by atoms with E-state index >= 15 is 0 Å². The Morgan fingerprint density at radius 3 is 2.32 bits per heavy atom. The maximum absolute atomic E-state index is 12.9. The Morgan fingerprint density at radius 1 is 1.18 bits per heavy atom. The molecule has 0 unspecified atom stereocenters. The normalized spacial score (nSPS) is 24.3. The van der Waals surface area contributed by atoms with Crippen molar-refractivity contribution in [3.63, 3.8) is 0 Å². The zero-order valence-corrected chi connectivity index (χ0v) is 17.1. The van der Waals surface area contributed by atoms with Crippen LogP contribution in [0.15, 0.2) is 12.3 Å². The summed E-state index contributed by atoms with van der Waals surface area (Å²) >= 11 is 6.05. The van der Waals surface area contributed by atoms with Crippen LogP contribution in [0.1, 0.15) is 51.0 Å². The minimum atomic E-state index is -4.46. The fourth-order valence-electron chi connectivity index (χ4n) is 4.25. The molecule has 3 rings (SSSR count). The van der Waals surface area contributed by atoms with Crippen molar-refractivity contribution in [2.24, 2.45) is 11.8 Å². The molecule has 0 aromatic carbocycles. The lowest BCUT2D eigenvalue weighted by Gasteiger charge is -2.38. The van der Waals surface area contributed by atoms with Crippen LogP contribution < -0.4 is 4.90 Å². The van der Waals surface area contributed by atoms with Crippen LogP contribution in [0.25, 0.3) is 0 Å². The van der Waals surface area contributed by atoms with Crippen molar-refractivity contribution in [1.29, 1.82) is 0 Å². The van der Waals surface area contributed by atoms with E-state index in [-0.39, 0.29) is 16.8 Å². The third-order valence-corrected chi connectivity index (χ3v) is 6.45. The number of hydrogen-bond donors (Lipinski definition) is 0. The monoisotopic (exact) mass is 417 g/mol. The predicted molar refractivity (Wildman–Crippen MR) is 103 cm³/mol. The number of amides is 1. The summed E-state index contributed by atoms with van der Waals surface area (Å²) in [5, 5.41) is -0.00644. The molecule has 1 aromatic rings. The lowest BCUT2D eigenvalue weighted by atomic mass is 9.86. The van der Waals surface area contributed by atoms with Gasteiger partial charge in [0.25, 0.3) is 0 Å². The first-order valence-electron chi connectivity index (χ1n) is 9.91. The van der Waals surface area contributed by atoms with Gasteiger partial charge in [-0.05, 0) is 50.5 Å². The first-order chi connectivity index (χ1) is 13.2. The van der Waals surface area contributed by atoms with Crippen LogP contribution in [-0.2, 0) is 11.0 Å². The molecule has 1 aliphatic carbocycles. The van der Waals surface area contributed by atoms with Crippen molar-refractivity contribution in [3.8, 4) is 0 Å². The highest BCUT2D eigenvalue weighted by Crippen LogP contribution is 2.35. The van der Waals surface area contributed by atoms with Crippen LogP contribution in [0, 0.1) is 11.8 Å². The first-order valence-corrected chi connectivity index (χ1v) is 10.3. The molecule has 2 fully saturated rings. The number of piperidine rings is 1. The van der Waals surface area contributed by atoms with Crippen LogP contribution in [0.4, 0.5) is 19.0 Å². The largest absolute Gasteiger partial charge is 0.417 e. The molecule has 1 amide bonds. The molecule has 0 bridgehead atoms. The Balaban J connectivity index is 1.57. The third kappa shape index (κ3) is 4.73. The number of nitrogens with zero attached hydrogens (tertiary/aromatic N) is 3. The quantitative estimate of drug-likeness (QED) is 0.693. The summed E-state index contributed by atoms with van der Waals surface area (Å²) in [4.78, 5) is 20.6. The summed E-state index contributed by atoms with van der Waals surface area (Å²) in [5.41, 5.74) is -0.852. The van der Waals surface area contributed by atoms with Gasteiger partial charge in [0.05, 0.1) is 10.6 Å². The molecule has 1 aliphatic heterocycles. The Kier molecular flexibility index (Phi) is 6.42. The smallest absolute Gasteiger partial charge is 0.355 e. The number of hydrogen-bond acceptors (Lipinski definition) is 3. The molecule has 1 saturated carbocycles. The number of rotatable bonds is 3. The highest BCUT2D eigenvalue weighted by Gasteiger charge is 2.34. The van der Waals surface area contributed by atoms with Gasteiger partial charge in [-0.25, -0.2) is 4.98 Å². The fraction of sp³-hybridized carbons (Fsp3) is 0.700.